The molecule has 1 aromatic heterocycles. The fourth-order valence-corrected chi connectivity index (χ4v) is 3.28. The predicted octanol–water partition coefficient (Wildman–Crippen LogP) is 4.49. The topological polar surface area (TPSA) is 38.9 Å². The molecule has 0 atom stereocenters. The number of hydrogen-bond donors (Lipinski definition) is 1. The second kappa shape index (κ2) is 5.93. The van der Waals surface area contributed by atoms with Gasteiger partial charge < -0.3 is 5.73 Å². The van der Waals surface area contributed by atoms with Crippen molar-refractivity contribution in [2.75, 3.05) is 5.73 Å². The molecule has 1 aliphatic rings. The number of pyridine rings is 1. The predicted molar refractivity (Wildman–Crippen MR) is 95.9 cm³/mol. The van der Waals surface area contributed by atoms with E-state index in [0.717, 1.165) is 52.0 Å². The van der Waals surface area contributed by atoms with Gasteiger partial charge in [-0.05, 0) is 71.5 Å². The van der Waals surface area contributed by atoms with Crippen LogP contribution in [0.4, 0.5) is 10.1 Å². The minimum Gasteiger partial charge on any atom is -0.399 e. The SMILES string of the molecule is Nc1cccc(/C=C2\c3ccc(F)cc3CCc3ncccc32)c1. The number of benzene rings is 2. The number of halogens is 1. The molecule has 2 nitrogen and oxygen atoms in total. The lowest BCUT2D eigenvalue weighted by molar-refractivity contribution is 0.625. The molecule has 0 fully saturated rings. The number of rotatable bonds is 1. The zero-order valence-corrected chi connectivity index (χ0v) is 13.2. The van der Waals surface area contributed by atoms with Crippen molar-refractivity contribution in [1.82, 2.24) is 4.98 Å². The zero-order valence-electron chi connectivity index (χ0n) is 13.2. The molecule has 0 radical (unpaired) electrons. The Hall–Kier alpha value is -2.94. The molecule has 118 valence electrons. The monoisotopic (exact) mass is 316 g/mol. The normalized spacial score (nSPS) is 14.8. The Morgan fingerprint density at radius 2 is 1.88 bits per heavy atom. The van der Waals surface area contributed by atoms with Crippen LogP contribution >= 0.6 is 0 Å². The van der Waals surface area contributed by atoms with Crippen molar-refractivity contribution in [3.63, 3.8) is 0 Å². The van der Waals surface area contributed by atoms with E-state index in [1.165, 1.54) is 6.07 Å². The summed E-state index contributed by atoms with van der Waals surface area (Å²) < 4.78 is 13.7. The summed E-state index contributed by atoms with van der Waals surface area (Å²) in [4.78, 5) is 4.53. The first-order chi connectivity index (χ1) is 11.7. The summed E-state index contributed by atoms with van der Waals surface area (Å²) in [6.07, 6.45) is 5.51. The van der Waals surface area contributed by atoms with Gasteiger partial charge in [-0.1, -0.05) is 24.3 Å². The molecule has 1 aliphatic carbocycles. The summed E-state index contributed by atoms with van der Waals surface area (Å²) in [5.41, 5.74) is 13.0. The lowest BCUT2D eigenvalue weighted by Crippen LogP contribution is -1.95. The summed E-state index contributed by atoms with van der Waals surface area (Å²) in [5, 5.41) is 0. The van der Waals surface area contributed by atoms with Crippen LogP contribution in [0.25, 0.3) is 11.6 Å². The first-order valence-corrected chi connectivity index (χ1v) is 8.01. The van der Waals surface area contributed by atoms with Crippen LogP contribution in [0.5, 0.6) is 0 Å². The van der Waals surface area contributed by atoms with Crippen LogP contribution in [0.15, 0.2) is 60.8 Å². The molecule has 24 heavy (non-hydrogen) atoms. The third kappa shape index (κ3) is 2.69. The molecule has 3 aromatic rings. The smallest absolute Gasteiger partial charge is 0.123 e. The summed E-state index contributed by atoms with van der Waals surface area (Å²) >= 11 is 0. The van der Waals surface area contributed by atoms with Gasteiger partial charge in [-0.3, -0.25) is 4.98 Å². The average molecular weight is 316 g/mol. The van der Waals surface area contributed by atoms with Gasteiger partial charge in [-0.2, -0.15) is 0 Å². The molecule has 0 aliphatic heterocycles. The molecule has 0 amide bonds. The second-order valence-corrected chi connectivity index (χ2v) is 6.03. The van der Waals surface area contributed by atoms with E-state index in [2.05, 4.69) is 17.1 Å². The van der Waals surface area contributed by atoms with Gasteiger partial charge in [-0.25, -0.2) is 4.39 Å². The second-order valence-electron chi connectivity index (χ2n) is 6.03. The van der Waals surface area contributed by atoms with Crippen molar-refractivity contribution in [3.8, 4) is 0 Å². The van der Waals surface area contributed by atoms with E-state index < -0.39 is 0 Å². The van der Waals surface area contributed by atoms with Gasteiger partial charge in [0.15, 0.2) is 0 Å². The number of nitrogens with two attached hydrogens (primary N) is 1. The number of nitrogens with zero attached hydrogens (tertiary/aromatic N) is 1. The lowest BCUT2D eigenvalue weighted by atomic mass is 9.93. The summed E-state index contributed by atoms with van der Waals surface area (Å²) in [5.74, 6) is -0.198. The minimum absolute atomic E-state index is 0.198. The van der Waals surface area contributed by atoms with Gasteiger partial charge in [0.25, 0.3) is 0 Å². The van der Waals surface area contributed by atoms with Crippen LogP contribution in [0, 0.1) is 5.82 Å². The molecule has 2 N–H and O–H groups in total. The van der Waals surface area contributed by atoms with Crippen LogP contribution in [-0.4, -0.2) is 4.98 Å². The van der Waals surface area contributed by atoms with Crippen molar-refractivity contribution in [1.29, 1.82) is 0 Å². The van der Waals surface area contributed by atoms with Gasteiger partial charge in [-0.15, -0.1) is 0 Å². The molecule has 1 heterocycles. The zero-order chi connectivity index (χ0) is 16.5. The molecule has 0 unspecified atom stereocenters. The number of fused-ring (bicyclic) bond motifs is 2. The highest BCUT2D eigenvalue weighted by atomic mass is 19.1. The molecule has 3 heteroatoms. The Kier molecular flexibility index (Phi) is 3.62. The third-order valence-corrected chi connectivity index (χ3v) is 4.39. The lowest BCUT2D eigenvalue weighted by Gasteiger charge is -2.12. The Morgan fingerprint density at radius 1 is 0.958 bits per heavy atom. The third-order valence-electron chi connectivity index (χ3n) is 4.39. The van der Waals surface area contributed by atoms with Gasteiger partial charge in [0.05, 0.1) is 0 Å². The van der Waals surface area contributed by atoms with Crippen molar-refractivity contribution < 1.29 is 4.39 Å². The Labute approximate surface area is 140 Å². The molecule has 0 bridgehead atoms. The maximum atomic E-state index is 13.7. The number of aromatic nitrogens is 1. The molecule has 4 rings (SSSR count). The summed E-state index contributed by atoms with van der Waals surface area (Å²) in [6.45, 7) is 0. The molecule has 0 saturated heterocycles. The van der Waals surface area contributed by atoms with E-state index in [1.54, 1.807) is 6.07 Å². The fourth-order valence-electron chi connectivity index (χ4n) is 3.28. The highest BCUT2D eigenvalue weighted by Crippen LogP contribution is 2.34. The highest BCUT2D eigenvalue weighted by molar-refractivity contribution is 5.93. The van der Waals surface area contributed by atoms with E-state index in [0.29, 0.717) is 0 Å². The van der Waals surface area contributed by atoms with Crippen LogP contribution in [0.1, 0.15) is 27.9 Å². The minimum atomic E-state index is -0.198. The van der Waals surface area contributed by atoms with E-state index in [9.17, 15) is 4.39 Å². The van der Waals surface area contributed by atoms with E-state index in [4.69, 9.17) is 5.73 Å². The molecular weight excluding hydrogens is 299 g/mol. The van der Waals surface area contributed by atoms with Crippen LogP contribution in [0.2, 0.25) is 0 Å². The van der Waals surface area contributed by atoms with Crippen LogP contribution < -0.4 is 5.73 Å². The Balaban J connectivity index is 1.97. The van der Waals surface area contributed by atoms with Crippen LogP contribution in [0.3, 0.4) is 0 Å². The number of aryl methyl sites for hydroxylation is 2. The van der Waals surface area contributed by atoms with E-state index in [1.807, 2.05) is 42.6 Å². The number of nitrogen functional groups attached to an aromatic ring is 1. The van der Waals surface area contributed by atoms with Gasteiger partial charge in [0.2, 0.25) is 0 Å². The first kappa shape index (κ1) is 14.6. The number of hydrogen-bond acceptors (Lipinski definition) is 2. The largest absolute Gasteiger partial charge is 0.399 e. The van der Waals surface area contributed by atoms with E-state index in [-0.39, 0.29) is 5.82 Å². The molecule has 0 spiro atoms. The maximum absolute atomic E-state index is 13.7. The maximum Gasteiger partial charge on any atom is 0.123 e. The van der Waals surface area contributed by atoms with Crippen molar-refractivity contribution in [2.45, 2.75) is 12.8 Å². The Bertz CT molecular complexity index is 944. The van der Waals surface area contributed by atoms with Crippen molar-refractivity contribution >= 4 is 17.3 Å². The quantitative estimate of drug-likeness (QED) is 0.672. The van der Waals surface area contributed by atoms with Crippen molar-refractivity contribution in [3.05, 3.63) is 94.6 Å². The van der Waals surface area contributed by atoms with E-state index >= 15 is 0 Å². The number of anilines is 1. The summed E-state index contributed by atoms with van der Waals surface area (Å²) in [6, 6.07) is 16.8. The van der Waals surface area contributed by atoms with Gasteiger partial charge >= 0.3 is 0 Å². The van der Waals surface area contributed by atoms with Gasteiger partial charge in [0, 0.05) is 23.1 Å². The van der Waals surface area contributed by atoms with Crippen LogP contribution in [-0.2, 0) is 12.8 Å². The average Bonchev–Trinajstić information content (AvgIpc) is 2.73. The standard InChI is InChI=1S/C21H17FN2/c22-16-7-8-18-15(13-16)6-9-21-19(5-2-10-24-21)20(18)12-14-3-1-4-17(23)11-14/h1-5,7-8,10-13H,6,9,23H2/b20-12+. The fraction of sp³-hybridized carbons (Fsp3) is 0.0952. The molecular formula is C21H17FN2. The Morgan fingerprint density at radius 3 is 2.75 bits per heavy atom. The van der Waals surface area contributed by atoms with Gasteiger partial charge in [0.1, 0.15) is 5.82 Å². The molecule has 0 saturated carbocycles. The van der Waals surface area contributed by atoms with Crippen molar-refractivity contribution in [2.24, 2.45) is 0 Å². The first-order valence-electron chi connectivity index (χ1n) is 8.01. The summed E-state index contributed by atoms with van der Waals surface area (Å²) in [7, 11) is 0. The highest BCUT2D eigenvalue weighted by Gasteiger charge is 2.19. The molecule has 2 aromatic carbocycles.